The highest BCUT2D eigenvalue weighted by atomic mass is 79.9. The first kappa shape index (κ1) is 14.5. The second-order valence-corrected chi connectivity index (χ2v) is 5.00. The molecule has 4 nitrogen and oxygen atoms in total. The normalized spacial score (nSPS) is 10.1. The molecule has 0 aromatic heterocycles. The minimum atomic E-state index is -0.0862. The third-order valence-corrected chi connectivity index (χ3v) is 3.33. The molecule has 0 unspecified atom stereocenters. The number of amides is 1. The number of carbonyl (C=O) groups is 1. The van der Waals surface area contributed by atoms with E-state index in [9.17, 15) is 4.79 Å². The van der Waals surface area contributed by atoms with Crippen LogP contribution in [-0.2, 0) is 4.79 Å². The van der Waals surface area contributed by atoms with Crippen LogP contribution in [0.1, 0.15) is 6.92 Å². The molecule has 0 radical (unpaired) electrons. The molecular formula is C11H14Br2N2O2. The number of carbonyl (C=O) groups excluding carboxylic acids is 1. The molecule has 1 aromatic rings. The van der Waals surface area contributed by atoms with Crippen LogP contribution in [0.4, 0.5) is 5.69 Å². The SMILES string of the molecule is CCNCC(=O)Nc1cc(OC)c(Br)cc1Br. The fourth-order valence-corrected chi connectivity index (χ4v) is 2.47. The van der Waals surface area contributed by atoms with Crippen LogP contribution < -0.4 is 15.4 Å². The number of benzene rings is 1. The van der Waals surface area contributed by atoms with Gasteiger partial charge in [0.1, 0.15) is 5.75 Å². The van der Waals surface area contributed by atoms with Gasteiger partial charge in [-0.2, -0.15) is 0 Å². The molecule has 0 saturated carbocycles. The summed E-state index contributed by atoms with van der Waals surface area (Å²) in [5.74, 6) is 0.587. The topological polar surface area (TPSA) is 50.4 Å². The number of halogens is 2. The smallest absolute Gasteiger partial charge is 0.238 e. The van der Waals surface area contributed by atoms with Gasteiger partial charge >= 0.3 is 0 Å². The summed E-state index contributed by atoms with van der Waals surface area (Å²) in [7, 11) is 1.58. The van der Waals surface area contributed by atoms with Crippen LogP contribution in [0.25, 0.3) is 0 Å². The van der Waals surface area contributed by atoms with E-state index in [1.165, 1.54) is 0 Å². The third-order valence-electron chi connectivity index (χ3n) is 2.05. The molecule has 0 fully saturated rings. The average molecular weight is 366 g/mol. The number of nitrogens with one attached hydrogen (secondary N) is 2. The van der Waals surface area contributed by atoms with Crippen molar-refractivity contribution < 1.29 is 9.53 Å². The van der Waals surface area contributed by atoms with Crippen LogP contribution in [0.2, 0.25) is 0 Å². The number of ether oxygens (including phenoxy) is 1. The van der Waals surface area contributed by atoms with Crippen molar-refractivity contribution in [3.63, 3.8) is 0 Å². The van der Waals surface area contributed by atoms with Gasteiger partial charge in [-0.25, -0.2) is 0 Å². The van der Waals surface area contributed by atoms with Gasteiger partial charge in [-0.3, -0.25) is 4.79 Å². The van der Waals surface area contributed by atoms with Crippen molar-refractivity contribution in [3.8, 4) is 5.75 Å². The standard InChI is InChI=1S/C11H14Br2N2O2/c1-3-14-6-11(16)15-9-5-10(17-2)8(13)4-7(9)12/h4-5,14H,3,6H2,1-2H3,(H,15,16). The lowest BCUT2D eigenvalue weighted by Gasteiger charge is -2.11. The zero-order valence-electron chi connectivity index (χ0n) is 9.64. The zero-order chi connectivity index (χ0) is 12.8. The van der Waals surface area contributed by atoms with Crippen molar-refractivity contribution in [1.82, 2.24) is 5.32 Å². The average Bonchev–Trinajstić information content (AvgIpc) is 2.30. The fraction of sp³-hybridized carbons (Fsp3) is 0.364. The van der Waals surface area contributed by atoms with Gasteiger partial charge in [0.25, 0.3) is 0 Å². The Morgan fingerprint density at radius 2 is 2.06 bits per heavy atom. The molecule has 0 saturated heterocycles. The van der Waals surface area contributed by atoms with Gasteiger partial charge < -0.3 is 15.4 Å². The number of hydrogen-bond acceptors (Lipinski definition) is 3. The van der Waals surface area contributed by atoms with Crippen LogP contribution in [-0.4, -0.2) is 26.1 Å². The molecule has 94 valence electrons. The van der Waals surface area contributed by atoms with E-state index in [2.05, 4.69) is 42.5 Å². The Kier molecular flexibility index (Phi) is 5.94. The largest absolute Gasteiger partial charge is 0.495 e. The number of rotatable bonds is 5. The van der Waals surface area contributed by atoms with E-state index in [1.54, 1.807) is 13.2 Å². The second kappa shape index (κ2) is 6.98. The van der Waals surface area contributed by atoms with E-state index >= 15 is 0 Å². The molecule has 1 aromatic carbocycles. The van der Waals surface area contributed by atoms with Gasteiger partial charge in [-0.05, 0) is 44.5 Å². The van der Waals surface area contributed by atoms with E-state index in [0.717, 1.165) is 15.5 Å². The first-order valence-corrected chi connectivity index (χ1v) is 6.70. The Labute approximate surface area is 117 Å². The maximum absolute atomic E-state index is 11.6. The van der Waals surface area contributed by atoms with Crippen LogP contribution >= 0.6 is 31.9 Å². The Morgan fingerprint density at radius 1 is 1.35 bits per heavy atom. The first-order chi connectivity index (χ1) is 8.08. The summed E-state index contributed by atoms with van der Waals surface area (Å²) in [6, 6.07) is 3.60. The quantitative estimate of drug-likeness (QED) is 0.843. The van der Waals surface area contributed by atoms with Gasteiger partial charge in [0.15, 0.2) is 0 Å². The summed E-state index contributed by atoms with van der Waals surface area (Å²) in [5.41, 5.74) is 0.688. The molecule has 0 aliphatic heterocycles. The lowest BCUT2D eigenvalue weighted by Crippen LogP contribution is -2.27. The summed E-state index contributed by atoms with van der Waals surface area (Å²) in [6.07, 6.45) is 0. The number of hydrogen-bond donors (Lipinski definition) is 2. The number of likely N-dealkylation sites (N-methyl/N-ethyl adjacent to an activating group) is 1. The fourth-order valence-electron chi connectivity index (χ4n) is 1.21. The maximum Gasteiger partial charge on any atom is 0.238 e. The Hall–Kier alpha value is -0.590. The molecule has 0 atom stereocenters. The maximum atomic E-state index is 11.6. The van der Waals surface area contributed by atoms with Gasteiger partial charge in [-0.1, -0.05) is 6.92 Å². The van der Waals surface area contributed by atoms with Crippen LogP contribution in [0.15, 0.2) is 21.1 Å². The van der Waals surface area contributed by atoms with Gasteiger partial charge in [0.05, 0.1) is 23.8 Å². The minimum absolute atomic E-state index is 0.0862. The van der Waals surface area contributed by atoms with Gasteiger partial charge in [-0.15, -0.1) is 0 Å². The highest BCUT2D eigenvalue weighted by molar-refractivity contribution is 9.11. The Morgan fingerprint density at radius 3 is 2.65 bits per heavy atom. The minimum Gasteiger partial charge on any atom is -0.495 e. The first-order valence-electron chi connectivity index (χ1n) is 5.12. The van der Waals surface area contributed by atoms with Crippen molar-refractivity contribution in [2.45, 2.75) is 6.92 Å². The number of anilines is 1. The molecule has 0 bridgehead atoms. The van der Waals surface area contributed by atoms with Crippen LogP contribution in [0.5, 0.6) is 5.75 Å². The molecule has 0 heterocycles. The van der Waals surface area contributed by atoms with Crippen molar-refractivity contribution in [2.24, 2.45) is 0 Å². The molecule has 0 aliphatic rings. The van der Waals surface area contributed by atoms with Crippen LogP contribution in [0.3, 0.4) is 0 Å². The second-order valence-electron chi connectivity index (χ2n) is 3.30. The van der Waals surface area contributed by atoms with E-state index in [0.29, 0.717) is 18.0 Å². The summed E-state index contributed by atoms with van der Waals surface area (Å²) in [5, 5.41) is 5.76. The zero-order valence-corrected chi connectivity index (χ0v) is 12.8. The Balaban J connectivity index is 2.80. The van der Waals surface area contributed by atoms with E-state index < -0.39 is 0 Å². The molecule has 17 heavy (non-hydrogen) atoms. The summed E-state index contributed by atoms with van der Waals surface area (Å²) in [4.78, 5) is 11.6. The van der Waals surface area contributed by atoms with Crippen LogP contribution in [0, 0.1) is 0 Å². The van der Waals surface area contributed by atoms with Gasteiger partial charge in [0.2, 0.25) is 5.91 Å². The summed E-state index contributed by atoms with van der Waals surface area (Å²) in [6.45, 7) is 3.01. The third kappa shape index (κ3) is 4.29. The highest BCUT2D eigenvalue weighted by Gasteiger charge is 2.09. The predicted octanol–water partition coefficient (Wildman–Crippen LogP) is 2.77. The van der Waals surface area contributed by atoms with Crippen molar-refractivity contribution >= 4 is 43.5 Å². The van der Waals surface area contributed by atoms with E-state index in [-0.39, 0.29) is 5.91 Å². The molecule has 0 aliphatic carbocycles. The lowest BCUT2D eigenvalue weighted by atomic mass is 10.3. The summed E-state index contributed by atoms with van der Waals surface area (Å²) >= 11 is 6.76. The predicted molar refractivity (Wildman–Crippen MR) is 75.6 cm³/mol. The Bertz CT molecular complexity index is 411. The molecule has 0 spiro atoms. The molecule has 1 rings (SSSR count). The monoisotopic (exact) mass is 364 g/mol. The molecule has 2 N–H and O–H groups in total. The molecular weight excluding hydrogens is 352 g/mol. The lowest BCUT2D eigenvalue weighted by molar-refractivity contribution is -0.115. The highest BCUT2D eigenvalue weighted by Crippen LogP contribution is 2.34. The van der Waals surface area contributed by atoms with E-state index in [4.69, 9.17) is 4.74 Å². The van der Waals surface area contributed by atoms with Gasteiger partial charge in [0, 0.05) is 10.5 Å². The number of methoxy groups -OCH3 is 1. The van der Waals surface area contributed by atoms with Crippen molar-refractivity contribution in [1.29, 1.82) is 0 Å². The summed E-state index contributed by atoms with van der Waals surface area (Å²) < 4.78 is 6.80. The molecule has 6 heteroatoms. The van der Waals surface area contributed by atoms with Crippen molar-refractivity contribution in [2.75, 3.05) is 25.5 Å². The van der Waals surface area contributed by atoms with Crippen molar-refractivity contribution in [3.05, 3.63) is 21.1 Å². The van der Waals surface area contributed by atoms with E-state index in [1.807, 2.05) is 13.0 Å². The molecule has 1 amide bonds.